The predicted molar refractivity (Wildman–Crippen MR) is 99.5 cm³/mol. The van der Waals surface area contributed by atoms with Crippen molar-refractivity contribution < 1.29 is 23.7 Å². The molecule has 7 heteroatoms. The maximum Gasteiger partial charge on any atom is 0.239 e. The van der Waals surface area contributed by atoms with Gasteiger partial charge in [-0.25, -0.2) is 0 Å². The molecule has 0 saturated carbocycles. The molecular weight excluding hydrogens is 336 g/mol. The Morgan fingerprint density at radius 3 is 2.19 bits per heavy atom. The molecule has 2 N–H and O–H groups in total. The van der Waals surface area contributed by atoms with E-state index in [1.807, 2.05) is 24.3 Å². The summed E-state index contributed by atoms with van der Waals surface area (Å²) >= 11 is 0. The Kier molecular flexibility index (Phi) is 7.42. The summed E-state index contributed by atoms with van der Waals surface area (Å²) in [5.74, 6) is 2.67. The molecule has 7 nitrogen and oxygen atoms in total. The summed E-state index contributed by atoms with van der Waals surface area (Å²) in [7, 11) is 4.77. The first-order chi connectivity index (χ1) is 12.7. The summed E-state index contributed by atoms with van der Waals surface area (Å²) in [4.78, 5) is 11.9. The molecule has 0 aliphatic carbocycles. The molecule has 26 heavy (non-hydrogen) atoms. The molecule has 0 bridgehead atoms. The van der Waals surface area contributed by atoms with Crippen LogP contribution in [0.15, 0.2) is 42.5 Å². The van der Waals surface area contributed by atoms with Crippen molar-refractivity contribution in [1.82, 2.24) is 5.32 Å². The fourth-order valence-corrected chi connectivity index (χ4v) is 2.22. The molecule has 140 valence electrons. The summed E-state index contributed by atoms with van der Waals surface area (Å²) in [6.45, 7) is 0.897. The quantitative estimate of drug-likeness (QED) is 0.633. The van der Waals surface area contributed by atoms with Crippen molar-refractivity contribution in [3.05, 3.63) is 42.5 Å². The molecule has 0 radical (unpaired) electrons. The minimum atomic E-state index is -0.145. The van der Waals surface area contributed by atoms with Gasteiger partial charge in [0.15, 0.2) is 0 Å². The lowest BCUT2D eigenvalue weighted by Gasteiger charge is -2.13. The van der Waals surface area contributed by atoms with Gasteiger partial charge in [0, 0.05) is 6.07 Å². The first-order valence-electron chi connectivity index (χ1n) is 8.15. The highest BCUT2D eigenvalue weighted by atomic mass is 16.5. The first-order valence-corrected chi connectivity index (χ1v) is 8.15. The van der Waals surface area contributed by atoms with Crippen LogP contribution in [-0.4, -0.2) is 46.9 Å². The lowest BCUT2D eigenvalue weighted by molar-refractivity contribution is -0.119. The zero-order valence-corrected chi connectivity index (χ0v) is 15.2. The average molecular weight is 360 g/mol. The van der Waals surface area contributed by atoms with Crippen LogP contribution in [0, 0.1) is 0 Å². The molecule has 2 aromatic carbocycles. The maximum atomic E-state index is 11.9. The van der Waals surface area contributed by atoms with E-state index in [4.69, 9.17) is 18.9 Å². The van der Waals surface area contributed by atoms with Gasteiger partial charge in [0.1, 0.15) is 29.6 Å². The number of anilines is 1. The van der Waals surface area contributed by atoms with Gasteiger partial charge in [-0.1, -0.05) is 0 Å². The van der Waals surface area contributed by atoms with E-state index in [2.05, 4.69) is 10.6 Å². The zero-order chi connectivity index (χ0) is 18.8. The van der Waals surface area contributed by atoms with E-state index in [1.54, 1.807) is 39.5 Å². The number of carbonyl (C=O) groups is 1. The van der Waals surface area contributed by atoms with Gasteiger partial charge in [0.25, 0.3) is 0 Å². The molecule has 0 fully saturated rings. The molecule has 0 spiro atoms. The number of nitrogens with one attached hydrogen (secondary N) is 2. The van der Waals surface area contributed by atoms with Crippen molar-refractivity contribution >= 4 is 11.6 Å². The second kappa shape index (κ2) is 10.0. The van der Waals surface area contributed by atoms with Crippen molar-refractivity contribution in [2.24, 2.45) is 0 Å². The summed E-state index contributed by atoms with van der Waals surface area (Å²) in [6.07, 6.45) is 0. The number of carbonyl (C=O) groups excluding carboxylic acids is 1. The van der Waals surface area contributed by atoms with Crippen LogP contribution in [0.3, 0.4) is 0 Å². The third-order valence-electron chi connectivity index (χ3n) is 3.60. The highest BCUT2D eigenvalue weighted by Gasteiger charge is 2.07. The van der Waals surface area contributed by atoms with Crippen LogP contribution in [0.2, 0.25) is 0 Å². The lowest BCUT2D eigenvalue weighted by Crippen LogP contribution is -2.33. The topological polar surface area (TPSA) is 78.1 Å². The third-order valence-corrected chi connectivity index (χ3v) is 3.60. The Labute approximate surface area is 153 Å². The van der Waals surface area contributed by atoms with Crippen LogP contribution in [0.4, 0.5) is 5.69 Å². The van der Waals surface area contributed by atoms with Gasteiger partial charge >= 0.3 is 0 Å². The van der Waals surface area contributed by atoms with E-state index in [1.165, 1.54) is 0 Å². The highest BCUT2D eigenvalue weighted by Crippen LogP contribution is 2.28. The number of ether oxygens (including phenoxy) is 4. The lowest BCUT2D eigenvalue weighted by atomic mass is 10.2. The number of rotatable bonds is 10. The predicted octanol–water partition coefficient (Wildman–Crippen LogP) is 2.32. The van der Waals surface area contributed by atoms with Gasteiger partial charge in [-0.2, -0.15) is 0 Å². The Morgan fingerprint density at radius 1 is 0.885 bits per heavy atom. The second-order valence-corrected chi connectivity index (χ2v) is 5.29. The molecule has 0 saturated heterocycles. The van der Waals surface area contributed by atoms with E-state index in [-0.39, 0.29) is 12.5 Å². The monoisotopic (exact) mass is 360 g/mol. The third kappa shape index (κ3) is 5.77. The van der Waals surface area contributed by atoms with Gasteiger partial charge in [-0.15, -0.1) is 0 Å². The molecule has 0 aliphatic heterocycles. The summed E-state index contributed by atoms with van der Waals surface area (Å²) in [5, 5.41) is 5.83. The SMILES string of the molecule is COc1ccc(OCCNC(=O)CNc2cc(OC)ccc2OC)cc1. The molecule has 2 aromatic rings. The maximum absolute atomic E-state index is 11.9. The normalized spacial score (nSPS) is 9.96. The van der Waals surface area contributed by atoms with Gasteiger partial charge in [0.2, 0.25) is 5.91 Å². The smallest absolute Gasteiger partial charge is 0.239 e. The number of hydrogen-bond donors (Lipinski definition) is 2. The minimum Gasteiger partial charge on any atom is -0.497 e. The van der Waals surface area contributed by atoms with E-state index < -0.39 is 0 Å². The van der Waals surface area contributed by atoms with Crippen LogP contribution in [-0.2, 0) is 4.79 Å². The largest absolute Gasteiger partial charge is 0.497 e. The van der Waals surface area contributed by atoms with Gasteiger partial charge in [-0.05, 0) is 36.4 Å². The fourth-order valence-electron chi connectivity index (χ4n) is 2.22. The van der Waals surface area contributed by atoms with Crippen LogP contribution < -0.4 is 29.6 Å². The summed E-state index contributed by atoms with van der Waals surface area (Å²) in [5.41, 5.74) is 0.691. The Morgan fingerprint density at radius 2 is 1.54 bits per heavy atom. The highest BCUT2D eigenvalue weighted by molar-refractivity contribution is 5.81. The molecule has 0 aromatic heterocycles. The van der Waals surface area contributed by atoms with Crippen LogP contribution in [0.5, 0.6) is 23.0 Å². The van der Waals surface area contributed by atoms with Crippen LogP contribution in [0.25, 0.3) is 0 Å². The molecule has 0 atom stereocenters. The van der Waals surface area contributed by atoms with Crippen molar-refractivity contribution in [3.63, 3.8) is 0 Å². The molecule has 0 unspecified atom stereocenters. The minimum absolute atomic E-state index is 0.117. The molecule has 1 amide bonds. The molecule has 0 aliphatic rings. The summed E-state index contributed by atoms with van der Waals surface area (Å²) in [6, 6.07) is 12.6. The van der Waals surface area contributed by atoms with Gasteiger partial charge < -0.3 is 29.6 Å². The average Bonchev–Trinajstić information content (AvgIpc) is 2.69. The van der Waals surface area contributed by atoms with Crippen LogP contribution >= 0.6 is 0 Å². The Hall–Kier alpha value is -3.09. The molecule has 2 rings (SSSR count). The fraction of sp³-hybridized carbons (Fsp3) is 0.316. The number of amides is 1. The van der Waals surface area contributed by atoms with Crippen molar-refractivity contribution in [3.8, 4) is 23.0 Å². The van der Waals surface area contributed by atoms with Crippen LogP contribution in [0.1, 0.15) is 0 Å². The Balaban J connectivity index is 1.72. The van der Waals surface area contributed by atoms with E-state index in [0.29, 0.717) is 30.3 Å². The van der Waals surface area contributed by atoms with Crippen molar-refractivity contribution in [1.29, 1.82) is 0 Å². The zero-order valence-electron chi connectivity index (χ0n) is 15.2. The van der Waals surface area contributed by atoms with Gasteiger partial charge in [-0.3, -0.25) is 4.79 Å². The standard InChI is InChI=1S/C19H24N2O5/c1-23-14-4-6-15(7-5-14)26-11-10-20-19(22)13-21-17-12-16(24-2)8-9-18(17)25-3/h4-9,12,21H,10-11,13H2,1-3H3,(H,20,22). The van der Waals surface area contributed by atoms with Crippen molar-refractivity contribution in [2.45, 2.75) is 0 Å². The first kappa shape index (κ1) is 19.2. The van der Waals surface area contributed by atoms with Gasteiger partial charge in [0.05, 0.1) is 40.1 Å². The molecular formula is C19H24N2O5. The summed E-state index contributed by atoms with van der Waals surface area (Å²) < 4.78 is 21.1. The van der Waals surface area contributed by atoms with E-state index in [0.717, 1.165) is 11.5 Å². The molecule has 0 heterocycles. The van der Waals surface area contributed by atoms with E-state index in [9.17, 15) is 4.79 Å². The van der Waals surface area contributed by atoms with E-state index >= 15 is 0 Å². The number of hydrogen-bond acceptors (Lipinski definition) is 6. The number of benzene rings is 2. The van der Waals surface area contributed by atoms with Crippen molar-refractivity contribution in [2.75, 3.05) is 46.3 Å². The second-order valence-electron chi connectivity index (χ2n) is 5.29. The Bertz CT molecular complexity index is 704. The number of methoxy groups -OCH3 is 3.